The molecule has 0 unspecified atom stereocenters. The fraction of sp³-hybridized carbons (Fsp3) is 0. The van der Waals surface area contributed by atoms with Crippen LogP contribution in [-0.4, -0.2) is 128 Å². The van der Waals surface area contributed by atoms with Crippen molar-refractivity contribution in [2.75, 3.05) is 0 Å². The molecule has 0 aromatic carbocycles. The molecule has 10 nitrogen and oxygen atoms in total. The zero-order valence-electron chi connectivity index (χ0n) is 9.08. The first-order chi connectivity index (χ1) is 7.25. The number of aliphatic carboxylic acids is 2. The van der Waals surface area contributed by atoms with Crippen molar-refractivity contribution in [3.63, 3.8) is 0 Å². The Morgan fingerprint density at radius 1 is 0.500 bits per heavy atom. The van der Waals surface area contributed by atoms with Crippen molar-refractivity contribution in [3.8, 4) is 0 Å². The van der Waals surface area contributed by atoms with E-state index in [0.29, 0.717) is 0 Å². The Hall–Kier alpha value is 3.56. The monoisotopic (exact) mass is 414 g/mol. The molecule has 0 aliphatic rings. The van der Waals surface area contributed by atoms with Crippen molar-refractivity contribution in [2.45, 2.75) is 0 Å². The van der Waals surface area contributed by atoms with Crippen LogP contribution in [-0.2, 0) is 38.2 Å². The topological polar surface area (TPSA) is 167 Å². The van der Waals surface area contributed by atoms with Gasteiger partial charge in [-0.1, -0.05) is 0 Å². The molecule has 0 aromatic heterocycles. The summed E-state index contributed by atoms with van der Waals surface area (Å²) < 4.78 is 6.55. The van der Waals surface area contributed by atoms with E-state index in [1.165, 1.54) is 0 Å². The van der Waals surface area contributed by atoms with E-state index in [2.05, 4.69) is 9.47 Å². The van der Waals surface area contributed by atoms with Crippen LogP contribution in [0.1, 0.15) is 0 Å². The Kier molecular flexibility index (Phi) is 50.0. The molecule has 0 rings (SSSR count). The van der Waals surface area contributed by atoms with Gasteiger partial charge in [0.25, 0.3) is 0 Å². The van der Waals surface area contributed by atoms with Crippen LogP contribution in [0.2, 0.25) is 0 Å². The summed E-state index contributed by atoms with van der Waals surface area (Å²) in [6.07, 6.45) is 0. The maximum Gasteiger partial charge on any atom is 1.00 e. The molecule has 0 aliphatic heterocycles. The van der Waals surface area contributed by atoms with Crippen LogP contribution in [0.25, 0.3) is 0 Å². The van der Waals surface area contributed by atoms with E-state index < -0.39 is 35.8 Å². The van der Waals surface area contributed by atoms with E-state index in [0.717, 1.165) is 0 Å². The first-order valence-electron chi connectivity index (χ1n) is 3.20. The van der Waals surface area contributed by atoms with Gasteiger partial charge in [0, 0.05) is 0 Å². The zero-order valence-corrected chi connectivity index (χ0v) is 15.3. The van der Waals surface area contributed by atoms with Gasteiger partial charge in [0.15, 0.2) is 11.9 Å². The molecule has 0 spiro atoms. The summed E-state index contributed by atoms with van der Waals surface area (Å²) >= 11 is 0. The van der Waals surface area contributed by atoms with Gasteiger partial charge in [-0.25, -0.2) is 19.2 Å². The first-order valence-corrected chi connectivity index (χ1v) is 3.20. The summed E-state index contributed by atoms with van der Waals surface area (Å²) in [7, 11) is 0. The maximum atomic E-state index is 10.4. The van der Waals surface area contributed by atoms with Gasteiger partial charge in [0.2, 0.25) is 0 Å². The molecular formula is C6H8K2Mg4O10. The number of hydrogen-bond acceptors (Lipinski definition) is 10. The third-order valence-corrected chi connectivity index (χ3v) is 0.871. The minimum atomic E-state index is -2.42. The number of carboxylic acids is 2. The predicted molar refractivity (Wildman–Crippen MR) is 66.4 cm³/mol. The molecule has 0 N–H and O–H groups in total. The van der Waals surface area contributed by atoms with Crippen molar-refractivity contribution in [1.82, 2.24) is 0 Å². The zero-order chi connectivity index (χ0) is 12.9. The van der Waals surface area contributed by atoms with Gasteiger partial charge in [-0.2, -0.15) is 0 Å². The van der Waals surface area contributed by atoms with Crippen molar-refractivity contribution in [3.05, 3.63) is 0 Å². The van der Waals surface area contributed by atoms with Crippen LogP contribution in [0.4, 0.5) is 0 Å². The van der Waals surface area contributed by atoms with Crippen molar-refractivity contribution < 1.29 is 151 Å². The minimum absolute atomic E-state index is 0. The average molecular weight is 416 g/mol. The molecule has 0 aromatic rings. The predicted octanol–water partition coefficient (Wildman–Crippen LogP) is -15.0. The van der Waals surface area contributed by atoms with Gasteiger partial charge in [0.05, 0.1) is 0 Å². The number of hydrogen-bond donors (Lipinski definition) is 0. The molecule has 0 atom stereocenters. The summed E-state index contributed by atoms with van der Waals surface area (Å²) in [6, 6.07) is 0. The molecule has 16 heteroatoms. The van der Waals surface area contributed by atoms with Gasteiger partial charge in [-0.05, 0) is 0 Å². The number of carbonyl (C=O) groups is 6. The van der Waals surface area contributed by atoms with Gasteiger partial charge < -0.3 is 29.3 Å². The molecule has 0 heterocycles. The number of carboxylic acid groups (broad SMARTS) is 2. The Bertz CT molecular complexity index is 376. The number of rotatable bonds is 0. The summed E-state index contributed by atoms with van der Waals surface area (Å²) in [5.41, 5.74) is 0. The Balaban J connectivity index is -0.0000000750. The molecule has 0 fully saturated rings. The second kappa shape index (κ2) is 24.6. The largest absolute Gasteiger partial charge is 1.00 e. The van der Waals surface area contributed by atoms with Gasteiger partial charge in [-0.15, -0.1) is 0 Å². The Morgan fingerprint density at radius 2 is 0.682 bits per heavy atom. The third-order valence-electron chi connectivity index (χ3n) is 0.871. The van der Waals surface area contributed by atoms with Crippen LogP contribution < -0.4 is 113 Å². The molecule has 102 valence electrons. The first kappa shape index (κ1) is 44.8. The SMILES string of the molecule is O=C([O-])C(=O)OC(=O)C(=O)OC(=O)C(=O)[O-].[K+].[K+].[MgH2].[MgH2].[MgH2].[MgH2]. The van der Waals surface area contributed by atoms with Crippen molar-refractivity contribution in [1.29, 1.82) is 0 Å². The average Bonchev–Trinajstić information content (AvgIpc) is 2.16. The van der Waals surface area contributed by atoms with Crippen LogP contribution in [0.15, 0.2) is 0 Å². The molecule has 0 amide bonds. The standard InChI is InChI=1S/C6H2O10.2K.4Mg.8H/c7-1(8)3(11)15-5(13)6(14)16-4(12)2(9)10;;;;;;;;;;;;;;/h(H,7,8)(H,9,10);;;;;;;;;;;;;;/q;2*+1;;;;;;;;;;;;/p-2. The molecule has 0 radical (unpaired) electrons. The van der Waals surface area contributed by atoms with Crippen LogP contribution in [0.5, 0.6) is 0 Å². The fourth-order valence-corrected chi connectivity index (χ4v) is 0.335. The second-order valence-electron chi connectivity index (χ2n) is 1.93. The molecule has 0 bridgehead atoms. The van der Waals surface area contributed by atoms with Crippen LogP contribution >= 0.6 is 0 Å². The van der Waals surface area contributed by atoms with Crippen LogP contribution in [0, 0.1) is 0 Å². The Labute approximate surface area is 272 Å². The van der Waals surface area contributed by atoms with E-state index >= 15 is 0 Å². The summed E-state index contributed by atoms with van der Waals surface area (Å²) in [5.74, 6) is -13.6. The van der Waals surface area contributed by atoms with Gasteiger partial charge in [0.1, 0.15) is 0 Å². The number of carbonyl (C=O) groups excluding carboxylic acids is 6. The number of esters is 4. The normalized spacial score (nSPS) is 6.36. The second-order valence-corrected chi connectivity index (χ2v) is 1.93. The Morgan fingerprint density at radius 3 is 0.818 bits per heavy atom. The quantitative estimate of drug-likeness (QED) is 0.160. The maximum absolute atomic E-state index is 10.4. The molecule has 0 aliphatic carbocycles. The van der Waals surface area contributed by atoms with Crippen molar-refractivity contribution >= 4 is 128 Å². The third kappa shape index (κ3) is 21.6. The van der Waals surface area contributed by atoms with Gasteiger partial charge in [-0.3, -0.25) is 0 Å². The van der Waals surface area contributed by atoms with E-state index in [9.17, 15) is 39.0 Å². The van der Waals surface area contributed by atoms with Crippen LogP contribution in [0.3, 0.4) is 0 Å². The fourth-order valence-electron chi connectivity index (χ4n) is 0.335. The molecule has 22 heavy (non-hydrogen) atoms. The van der Waals surface area contributed by atoms with Crippen molar-refractivity contribution in [2.24, 2.45) is 0 Å². The molecule has 0 saturated carbocycles. The smallest absolute Gasteiger partial charge is 0.539 e. The minimum Gasteiger partial charge on any atom is -0.539 e. The van der Waals surface area contributed by atoms with E-state index in [4.69, 9.17) is 0 Å². The van der Waals surface area contributed by atoms with E-state index in [1.807, 2.05) is 0 Å². The summed E-state index contributed by atoms with van der Waals surface area (Å²) in [5, 5.41) is 19.5. The summed E-state index contributed by atoms with van der Waals surface area (Å²) in [6.45, 7) is 0. The van der Waals surface area contributed by atoms with Gasteiger partial charge >= 0.3 is 219 Å². The molecular weight excluding hydrogens is 407 g/mol. The van der Waals surface area contributed by atoms with E-state index in [-0.39, 0.29) is 195 Å². The summed E-state index contributed by atoms with van der Waals surface area (Å²) in [4.78, 5) is 60.6. The number of ether oxygens (including phenoxy) is 2. The molecule has 0 saturated heterocycles. The van der Waals surface area contributed by atoms with E-state index in [1.54, 1.807) is 0 Å².